The lowest BCUT2D eigenvalue weighted by Gasteiger charge is -2.23. The molecule has 3 rings (SSSR count). The van der Waals surface area contributed by atoms with E-state index >= 15 is 0 Å². The maximum atomic E-state index is 11.4. The molecule has 4 heteroatoms. The van der Waals surface area contributed by atoms with E-state index in [2.05, 4.69) is 32.6 Å². The fraction of sp³-hybridized carbons (Fsp3) is 0.192. The van der Waals surface area contributed by atoms with Crippen LogP contribution in [0, 0.1) is 18.8 Å². The van der Waals surface area contributed by atoms with E-state index in [1.54, 1.807) is 24.3 Å². The molecule has 3 N–H and O–H groups in total. The molecule has 0 aliphatic rings. The molecule has 0 atom stereocenters. The Kier molecular flexibility index (Phi) is 5.84. The third kappa shape index (κ3) is 4.82. The van der Waals surface area contributed by atoms with Crippen molar-refractivity contribution in [3.8, 4) is 23.3 Å². The third-order valence-corrected chi connectivity index (χ3v) is 4.67. The van der Waals surface area contributed by atoms with E-state index in [1.807, 2.05) is 43.3 Å². The smallest absolute Gasteiger partial charge is 0.336 e. The maximum Gasteiger partial charge on any atom is 0.336 e. The van der Waals surface area contributed by atoms with E-state index in [9.17, 15) is 9.90 Å². The first kappa shape index (κ1) is 21.0. The van der Waals surface area contributed by atoms with Crippen LogP contribution in [0.4, 0.5) is 5.69 Å². The molecule has 152 valence electrons. The van der Waals surface area contributed by atoms with Crippen LogP contribution in [0.1, 0.15) is 53.4 Å². The number of anilines is 1. The number of nitrogens with two attached hydrogens (primary N) is 1. The zero-order valence-corrected chi connectivity index (χ0v) is 17.6. The largest absolute Gasteiger partial charge is 0.478 e. The summed E-state index contributed by atoms with van der Waals surface area (Å²) in [5.74, 6) is 6.30. The van der Waals surface area contributed by atoms with Crippen LogP contribution in [0.25, 0.3) is 0 Å². The van der Waals surface area contributed by atoms with E-state index in [4.69, 9.17) is 10.5 Å². The van der Waals surface area contributed by atoms with Crippen molar-refractivity contribution in [3.05, 3.63) is 88.5 Å². The zero-order valence-electron chi connectivity index (χ0n) is 17.6. The molecule has 0 heterocycles. The van der Waals surface area contributed by atoms with Crippen LogP contribution >= 0.6 is 0 Å². The second-order valence-electron chi connectivity index (χ2n) is 8.21. The van der Waals surface area contributed by atoms with Crippen molar-refractivity contribution in [1.29, 1.82) is 0 Å². The molecule has 30 heavy (non-hydrogen) atoms. The van der Waals surface area contributed by atoms with Crippen molar-refractivity contribution < 1.29 is 14.6 Å². The monoisotopic (exact) mass is 399 g/mol. The number of carboxylic acids is 1. The summed E-state index contributed by atoms with van der Waals surface area (Å²) in [6, 6.07) is 18.2. The maximum absolute atomic E-state index is 11.4. The molecule has 0 bridgehead atoms. The Labute approximate surface area is 177 Å². The fourth-order valence-electron chi connectivity index (χ4n) is 3.10. The van der Waals surface area contributed by atoms with Crippen LogP contribution in [-0.2, 0) is 5.41 Å². The summed E-state index contributed by atoms with van der Waals surface area (Å²) in [6.45, 7) is 8.32. The number of hydrogen-bond donors (Lipinski definition) is 2. The Morgan fingerprint density at radius 3 is 2.37 bits per heavy atom. The average Bonchev–Trinajstić information content (AvgIpc) is 2.68. The molecular formula is C26H25NO3. The van der Waals surface area contributed by atoms with Crippen molar-refractivity contribution in [2.24, 2.45) is 0 Å². The van der Waals surface area contributed by atoms with Gasteiger partial charge in [-0.15, -0.1) is 0 Å². The van der Waals surface area contributed by atoms with Gasteiger partial charge in [-0.2, -0.15) is 0 Å². The third-order valence-electron chi connectivity index (χ3n) is 4.67. The summed E-state index contributed by atoms with van der Waals surface area (Å²) in [5.41, 5.74) is 10.0. The minimum absolute atomic E-state index is 0.142. The number of ether oxygens (including phenoxy) is 1. The van der Waals surface area contributed by atoms with Crippen LogP contribution in [-0.4, -0.2) is 11.1 Å². The second-order valence-corrected chi connectivity index (χ2v) is 8.21. The predicted molar refractivity (Wildman–Crippen MR) is 120 cm³/mol. The van der Waals surface area contributed by atoms with Gasteiger partial charge < -0.3 is 15.6 Å². The summed E-state index contributed by atoms with van der Waals surface area (Å²) >= 11 is 0. The highest BCUT2D eigenvalue weighted by molar-refractivity contribution is 5.90. The first-order valence-corrected chi connectivity index (χ1v) is 9.68. The summed E-state index contributed by atoms with van der Waals surface area (Å²) in [6.07, 6.45) is 0. The molecule has 0 fully saturated rings. The normalized spacial score (nSPS) is 10.8. The van der Waals surface area contributed by atoms with E-state index in [0.29, 0.717) is 22.7 Å². The second kappa shape index (κ2) is 8.34. The van der Waals surface area contributed by atoms with E-state index in [-0.39, 0.29) is 11.0 Å². The molecule has 0 saturated carbocycles. The molecule has 0 amide bonds. The quantitative estimate of drug-likeness (QED) is 0.433. The summed E-state index contributed by atoms with van der Waals surface area (Å²) in [7, 11) is 0. The van der Waals surface area contributed by atoms with Crippen molar-refractivity contribution in [3.63, 3.8) is 0 Å². The standard InChI is InChI=1S/C26H25NO3/c1-17-9-14-23(22(27)15-17)30-24-16-18(11-13-21(24)26(2,3)4)10-12-19-7-5-6-8-20(19)25(28)29/h5-9,11,13-16H,27H2,1-4H3,(H,28,29). The molecule has 0 aliphatic carbocycles. The molecule has 4 nitrogen and oxygen atoms in total. The summed E-state index contributed by atoms with van der Waals surface area (Å²) < 4.78 is 6.19. The fourth-order valence-corrected chi connectivity index (χ4v) is 3.10. The summed E-state index contributed by atoms with van der Waals surface area (Å²) in [5, 5.41) is 9.34. The van der Waals surface area contributed by atoms with Crippen molar-refractivity contribution in [1.82, 2.24) is 0 Å². The molecular weight excluding hydrogens is 374 g/mol. The molecule has 3 aromatic rings. The Hall–Kier alpha value is -3.71. The van der Waals surface area contributed by atoms with Crippen LogP contribution in [0.2, 0.25) is 0 Å². The van der Waals surface area contributed by atoms with Crippen LogP contribution in [0.3, 0.4) is 0 Å². The van der Waals surface area contributed by atoms with Gasteiger partial charge in [0.2, 0.25) is 0 Å². The van der Waals surface area contributed by atoms with Crippen LogP contribution < -0.4 is 10.5 Å². The molecule has 0 unspecified atom stereocenters. The van der Waals surface area contributed by atoms with E-state index < -0.39 is 5.97 Å². The van der Waals surface area contributed by atoms with Crippen LogP contribution in [0.15, 0.2) is 60.7 Å². The number of rotatable bonds is 3. The van der Waals surface area contributed by atoms with Gasteiger partial charge in [-0.3, -0.25) is 0 Å². The minimum Gasteiger partial charge on any atom is -0.478 e. The number of aromatic carboxylic acids is 1. The Morgan fingerprint density at radius 2 is 1.70 bits per heavy atom. The highest BCUT2D eigenvalue weighted by atomic mass is 16.5. The Balaban J connectivity index is 2.03. The van der Waals surface area contributed by atoms with Gasteiger partial charge in [0.1, 0.15) is 11.5 Å². The molecule has 0 saturated heterocycles. The summed E-state index contributed by atoms with van der Waals surface area (Å²) in [4.78, 5) is 11.4. The van der Waals surface area contributed by atoms with Gasteiger partial charge in [-0.05, 0) is 54.3 Å². The number of nitrogen functional groups attached to an aromatic ring is 1. The van der Waals surface area contributed by atoms with E-state index in [1.165, 1.54) is 0 Å². The van der Waals surface area contributed by atoms with Gasteiger partial charge in [-0.1, -0.05) is 56.9 Å². The Morgan fingerprint density at radius 1 is 0.967 bits per heavy atom. The van der Waals surface area contributed by atoms with Gasteiger partial charge in [0, 0.05) is 16.7 Å². The topological polar surface area (TPSA) is 72.5 Å². The minimum atomic E-state index is -0.998. The van der Waals surface area contributed by atoms with Gasteiger partial charge >= 0.3 is 5.97 Å². The SMILES string of the molecule is Cc1ccc(Oc2cc(C#Cc3ccccc3C(=O)O)ccc2C(C)(C)C)c(N)c1. The van der Waals surface area contributed by atoms with Crippen LogP contribution in [0.5, 0.6) is 11.5 Å². The molecule has 0 radical (unpaired) electrons. The highest BCUT2D eigenvalue weighted by Crippen LogP contribution is 2.36. The van der Waals surface area contributed by atoms with Gasteiger partial charge in [0.05, 0.1) is 11.3 Å². The number of carbonyl (C=O) groups is 1. The van der Waals surface area contributed by atoms with E-state index in [0.717, 1.165) is 16.7 Å². The van der Waals surface area contributed by atoms with Gasteiger partial charge in [-0.25, -0.2) is 4.79 Å². The van der Waals surface area contributed by atoms with Gasteiger partial charge in [0.15, 0.2) is 0 Å². The number of hydrogen-bond acceptors (Lipinski definition) is 3. The lowest BCUT2D eigenvalue weighted by molar-refractivity contribution is 0.0696. The molecule has 0 aromatic heterocycles. The first-order valence-electron chi connectivity index (χ1n) is 9.68. The molecule has 3 aromatic carbocycles. The van der Waals surface area contributed by atoms with Crippen molar-refractivity contribution >= 4 is 11.7 Å². The average molecular weight is 399 g/mol. The number of benzene rings is 3. The molecule has 0 aliphatic heterocycles. The molecule has 0 spiro atoms. The predicted octanol–water partition coefficient (Wildman–Crippen LogP) is 5.77. The number of carboxylic acid groups (broad SMARTS) is 1. The van der Waals surface area contributed by atoms with Gasteiger partial charge in [0.25, 0.3) is 0 Å². The lowest BCUT2D eigenvalue weighted by atomic mass is 9.86. The van der Waals surface area contributed by atoms with Crippen molar-refractivity contribution in [2.45, 2.75) is 33.1 Å². The first-order chi connectivity index (χ1) is 14.1. The number of aryl methyl sites for hydroxylation is 1. The highest BCUT2D eigenvalue weighted by Gasteiger charge is 2.20. The zero-order chi connectivity index (χ0) is 21.9. The lowest BCUT2D eigenvalue weighted by Crippen LogP contribution is -2.13. The van der Waals surface area contributed by atoms with Crippen molar-refractivity contribution in [2.75, 3.05) is 5.73 Å². The Bertz CT molecular complexity index is 1160.